The Morgan fingerprint density at radius 3 is 2.84 bits per heavy atom. The standard InChI is InChI=1S/C19H26N4O2/c1-2-3-6-12-23-19(25)16-10-5-4-9-15(16)17(22-23)18(24)21-14-8-7-11-20-13-14/h4-5,9-10,14,20H,2-3,6-8,11-13H2,1H3,(H,21,24). The quantitative estimate of drug-likeness (QED) is 0.788. The second-order valence-electron chi connectivity index (χ2n) is 6.65. The van der Waals surface area contributed by atoms with E-state index >= 15 is 0 Å². The van der Waals surface area contributed by atoms with Gasteiger partial charge in [0.05, 0.1) is 5.39 Å². The Hall–Kier alpha value is -2.21. The van der Waals surface area contributed by atoms with Crippen LogP contribution in [0.15, 0.2) is 29.1 Å². The van der Waals surface area contributed by atoms with Crippen molar-refractivity contribution in [2.24, 2.45) is 0 Å². The highest BCUT2D eigenvalue weighted by Gasteiger charge is 2.20. The number of hydrogen-bond acceptors (Lipinski definition) is 4. The summed E-state index contributed by atoms with van der Waals surface area (Å²) in [5.74, 6) is -0.200. The first-order chi connectivity index (χ1) is 12.2. The van der Waals surface area contributed by atoms with E-state index in [9.17, 15) is 9.59 Å². The number of carbonyl (C=O) groups is 1. The smallest absolute Gasteiger partial charge is 0.274 e. The number of carbonyl (C=O) groups excluding carboxylic acids is 1. The van der Waals surface area contributed by atoms with Crippen molar-refractivity contribution < 1.29 is 4.79 Å². The summed E-state index contributed by atoms with van der Waals surface area (Å²) in [6.45, 7) is 4.44. The van der Waals surface area contributed by atoms with E-state index in [1.165, 1.54) is 4.68 Å². The minimum atomic E-state index is -0.200. The Labute approximate surface area is 147 Å². The van der Waals surface area contributed by atoms with Crippen molar-refractivity contribution in [1.29, 1.82) is 0 Å². The first-order valence-corrected chi connectivity index (χ1v) is 9.22. The summed E-state index contributed by atoms with van der Waals surface area (Å²) in [7, 11) is 0. The Morgan fingerprint density at radius 2 is 2.12 bits per heavy atom. The van der Waals surface area contributed by atoms with Crippen LogP contribution in [0.4, 0.5) is 0 Å². The Morgan fingerprint density at radius 1 is 1.32 bits per heavy atom. The molecule has 2 aromatic rings. The molecule has 1 atom stereocenters. The van der Waals surface area contributed by atoms with Crippen molar-refractivity contribution in [3.8, 4) is 0 Å². The third-order valence-electron chi connectivity index (χ3n) is 4.69. The summed E-state index contributed by atoms with van der Waals surface area (Å²) in [5, 5.41) is 11.9. The lowest BCUT2D eigenvalue weighted by atomic mass is 10.1. The average molecular weight is 342 g/mol. The van der Waals surface area contributed by atoms with Gasteiger partial charge in [0.2, 0.25) is 0 Å². The number of amides is 1. The summed E-state index contributed by atoms with van der Waals surface area (Å²) < 4.78 is 1.45. The Bertz CT molecular complexity index is 794. The van der Waals surface area contributed by atoms with Crippen LogP contribution in [-0.2, 0) is 6.54 Å². The van der Waals surface area contributed by atoms with Crippen molar-refractivity contribution in [3.05, 3.63) is 40.3 Å². The van der Waals surface area contributed by atoms with Gasteiger partial charge in [0.25, 0.3) is 11.5 Å². The van der Waals surface area contributed by atoms with Gasteiger partial charge in [0.15, 0.2) is 5.69 Å². The molecule has 1 unspecified atom stereocenters. The average Bonchev–Trinajstić information content (AvgIpc) is 2.64. The molecule has 0 spiro atoms. The third-order valence-corrected chi connectivity index (χ3v) is 4.69. The molecule has 1 aliphatic rings. The van der Waals surface area contributed by atoms with Crippen LogP contribution >= 0.6 is 0 Å². The molecule has 1 aromatic carbocycles. The molecule has 3 rings (SSSR count). The first-order valence-electron chi connectivity index (χ1n) is 9.22. The van der Waals surface area contributed by atoms with Crippen molar-refractivity contribution >= 4 is 16.7 Å². The van der Waals surface area contributed by atoms with Crippen LogP contribution in [0.3, 0.4) is 0 Å². The van der Waals surface area contributed by atoms with Gasteiger partial charge >= 0.3 is 0 Å². The van der Waals surface area contributed by atoms with Gasteiger partial charge in [0, 0.05) is 24.5 Å². The molecule has 1 amide bonds. The monoisotopic (exact) mass is 342 g/mol. The highest BCUT2D eigenvalue weighted by atomic mass is 16.2. The molecule has 1 fully saturated rings. The second-order valence-corrected chi connectivity index (χ2v) is 6.65. The lowest BCUT2D eigenvalue weighted by Crippen LogP contribution is -2.46. The molecule has 6 nitrogen and oxygen atoms in total. The van der Waals surface area contributed by atoms with E-state index in [0.29, 0.717) is 23.0 Å². The fraction of sp³-hybridized carbons (Fsp3) is 0.526. The van der Waals surface area contributed by atoms with Crippen molar-refractivity contribution in [3.63, 3.8) is 0 Å². The molecule has 6 heteroatoms. The normalized spacial score (nSPS) is 17.6. The van der Waals surface area contributed by atoms with E-state index in [0.717, 1.165) is 45.2 Å². The second kappa shape index (κ2) is 8.25. The molecule has 1 aromatic heterocycles. The molecular formula is C19H26N4O2. The predicted molar refractivity (Wildman–Crippen MR) is 98.9 cm³/mol. The van der Waals surface area contributed by atoms with Gasteiger partial charge in [-0.05, 0) is 31.9 Å². The van der Waals surface area contributed by atoms with Crippen molar-refractivity contribution in [1.82, 2.24) is 20.4 Å². The number of aromatic nitrogens is 2. The Balaban J connectivity index is 1.93. The minimum Gasteiger partial charge on any atom is -0.347 e. The van der Waals surface area contributed by atoms with Crippen LogP contribution in [-0.4, -0.2) is 34.8 Å². The molecule has 0 radical (unpaired) electrons. The van der Waals surface area contributed by atoms with Gasteiger partial charge in [0.1, 0.15) is 0 Å². The molecule has 25 heavy (non-hydrogen) atoms. The summed E-state index contributed by atoms with van der Waals surface area (Å²) >= 11 is 0. The summed E-state index contributed by atoms with van der Waals surface area (Å²) in [6, 6.07) is 7.35. The molecule has 1 saturated heterocycles. The fourth-order valence-corrected chi connectivity index (χ4v) is 3.29. The maximum absolute atomic E-state index is 12.8. The van der Waals surface area contributed by atoms with Crippen LogP contribution in [0.1, 0.15) is 49.5 Å². The number of nitrogens with one attached hydrogen (secondary N) is 2. The number of fused-ring (bicyclic) bond motifs is 1. The Kier molecular flexibility index (Phi) is 5.81. The number of unbranched alkanes of at least 4 members (excludes halogenated alkanes) is 2. The highest BCUT2D eigenvalue weighted by Crippen LogP contribution is 2.14. The van der Waals surface area contributed by atoms with Gasteiger partial charge in [-0.2, -0.15) is 5.10 Å². The van der Waals surface area contributed by atoms with E-state index in [-0.39, 0.29) is 17.5 Å². The van der Waals surface area contributed by atoms with Crippen molar-refractivity contribution in [2.45, 2.75) is 51.6 Å². The van der Waals surface area contributed by atoms with Gasteiger partial charge in [-0.15, -0.1) is 0 Å². The number of benzene rings is 1. The zero-order valence-corrected chi connectivity index (χ0v) is 14.8. The first kappa shape index (κ1) is 17.6. The molecule has 2 N–H and O–H groups in total. The topological polar surface area (TPSA) is 76.0 Å². The SMILES string of the molecule is CCCCCn1nc(C(=O)NC2CCCNC2)c2ccccc2c1=O. The largest absolute Gasteiger partial charge is 0.347 e. The van der Waals surface area contributed by atoms with E-state index in [4.69, 9.17) is 0 Å². The zero-order chi connectivity index (χ0) is 17.6. The van der Waals surface area contributed by atoms with Crippen LogP contribution in [0.5, 0.6) is 0 Å². The van der Waals surface area contributed by atoms with Gasteiger partial charge in [-0.1, -0.05) is 38.0 Å². The van der Waals surface area contributed by atoms with E-state index in [1.54, 1.807) is 12.1 Å². The molecule has 0 aliphatic carbocycles. The molecular weight excluding hydrogens is 316 g/mol. The van der Waals surface area contributed by atoms with Gasteiger partial charge in [-0.25, -0.2) is 4.68 Å². The maximum Gasteiger partial charge on any atom is 0.274 e. The maximum atomic E-state index is 12.8. The molecule has 1 aliphatic heterocycles. The van der Waals surface area contributed by atoms with E-state index < -0.39 is 0 Å². The fourth-order valence-electron chi connectivity index (χ4n) is 3.29. The van der Waals surface area contributed by atoms with Crippen LogP contribution < -0.4 is 16.2 Å². The van der Waals surface area contributed by atoms with E-state index in [1.807, 2.05) is 12.1 Å². The minimum absolute atomic E-state index is 0.113. The number of rotatable bonds is 6. The zero-order valence-electron chi connectivity index (χ0n) is 14.8. The summed E-state index contributed by atoms with van der Waals surface area (Å²) in [6.07, 6.45) is 5.01. The lowest BCUT2D eigenvalue weighted by molar-refractivity contribution is 0.0925. The number of aryl methyl sites for hydroxylation is 1. The van der Waals surface area contributed by atoms with E-state index in [2.05, 4.69) is 22.7 Å². The van der Waals surface area contributed by atoms with Gasteiger partial charge < -0.3 is 10.6 Å². The molecule has 134 valence electrons. The van der Waals surface area contributed by atoms with Crippen LogP contribution in [0, 0.1) is 0 Å². The summed E-state index contributed by atoms with van der Waals surface area (Å²) in [4.78, 5) is 25.4. The van der Waals surface area contributed by atoms with Crippen molar-refractivity contribution in [2.75, 3.05) is 13.1 Å². The van der Waals surface area contributed by atoms with Crippen LogP contribution in [0.25, 0.3) is 10.8 Å². The molecule has 0 saturated carbocycles. The van der Waals surface area contributed by atoms with Gasteiger partial charge in [-0.3, -0.25) is 9.59 Å². The number of hydrogen-bond donors (Lipinski definition) is 2. The molecule has 0 bridgehead atoms. The number of piperidine rings is 1. The van der Waals surface area contributed by atoms with Crippen LogP contribution in [0.2, 0.25) is 0 Å². The molecule has 2 heterocycles. The lowest BCUT2D eigenvalue weighted by Gasteiger charge is -2.24. The predicted octanol–water partition coefficient (Wildman–Crippen LogP) is 2.07. The number of nitrogens with zero attached hydrogens (tertiary/aromatic N) is 2. The summed E-state index contributed by atoms with van der Waals surface area (Å²) in [5.41, 5.74) is 0.222. The third kappa shape index (κ3) is 4.07. The highest BCUT2D eigenvalue weighted by molar-refractivity contribution is 6.04.